The maximum absolute atomic E-state index is 11.3. The number of rotatable bonds is 4. The molecule has 3 nitrogen and oxygen atoms in total. The number of carbonyl (C=O) groups excluding carboxylic acids is 1. The fourth-order valence-corrected chi connectivity index (χ4v) is 1.31. The first-order valence-electron chi connectivity index (χ1n) is 4.00. The molecule has 0 spiro atoms. The third-order valence-corrected chi connectivity index (χ3v) is 2.29. The van der Waals surface area contributed by atoms with E-state index in [2.05, 4.69) is 23.4 Å². The molecule has 0 atom stereocenters. The second-order valence-electron chi connectivity index (χ2n) is 3.14. The highest BCUT2D eigenvalue weighted by Gasteiger charge is 2.08. The Morgan fingerprint density at radius 2 is 2.42 bits per heavy atom. The summed E-state index contributed by atoms with van der Waals surface area (Å²) >= 11 is 1.17. The van der Waals surface area contributed by atoms with Gasteiger partial charge in [-0.1, -0.05) is 18.3 Å². The van der Waals surface area contributed by atoms with E-state index >= 15 is 0 Å². The monoisotopic (exact) mass is 184 g/mol. The molecule has 0 unspecified atom stereocenters. The Morgan fingerprint density at radius 3 is 2.92 bits per heavy atom. The van der Waals surface area contributed by atoms with Crippen LogP contribution in [-0.4, -0.2) is 15.4 Å². The number of nitrogens with zero attached hydrogens (tertiary/aromatic N) is 2. The molecule has 1 aromatic heterocycles. The summed E-state index contributed by atoms with van der Waals surface area (Å²) in [6, 6.07) is 0. The molecule has 4 heteroatoms. The van der Waals surface area contributed by atoms with E-state index in [0.29, 0.717) is 17.2 Å². The molecule has 1 rings (SSSR count). The Balaban J connectivity index is 2.40. The van der Waals surface area contributed by atoms with Crippen LogP contribution in [0.5, 0.6) is 0 Å². The predicted molar refractivity (Wildman–Crippen MR) is 48.3 cm³/mol. The lowest BCUT2D eigenvalue weighted by Crippen LogP contribution is -1.98. The lowest BCUT2D eigenvalue weighted by atomic mass is 10.1. The molecular formula is C8H12N2OS. The van der Waals surface area contributed by atoms with Crippen molar-refractivity contribution in [2.24, 2.45) is 5.92 Å². The second-order valence-corrected chi connectivity index (χ2v) is 3.92. The predicted octanol–water partition coefficient (Wildman–Crippen LogP) is 2.16. The van der Waals surface area contributed by atoms with Gasteiger partial charge >= 0.3 is 0 Å². The average molecular weight is 184 g/mol. The van der Waals surface area contributed by atoms with E-state index in [-0.39, 0.29) is 5.78 Å². The number of carbonyl (C=O) groups is 1. The van der Waals surface area contributed by atoms with Crippen LogP contribution in [0.2, 0.25) is 0 Å². The first kappa shape index (κ1) is 9.32. The molecule has 12 heavy (non-hydrogen) atoms. The van der Waals surface area contributed by atoms with Crippen LogP contribution in [0.15, 0.2) is 6.20 Å². The van der Waals surface area contributed by atoms with Crippen LogP contribution >= 0.6 is 11.5 Å². The van der Waals surface area contributed by atoms with E-state index in [9.17, 15) is 4.79 Å². The quantitative estimate of drug-likeness (QED) is 0.673. The fourth-order valence-electron chi connectivity index (χ4n) is 0.833. The van der Waals surface area contributed by atoms with Gasteiger partial charge in [0.25, 0.3) is 0 Å². The van der Waals surface area contributed by atoms with E-state index in [4.69, 9.17) is 0 Å². The Kier molecular flexibility index (Phi) is 3.34. The Hall–Kier alpha value is -0.770. The normalized spacial score (nSPS) is 10.6. The van der Waals surface area contributed by atoms with Crippen LogP contribution in [0.4, 0.5) is 0 Å². The zero-order valence-electron chi connectivity index (χ0n) is 7.28. The maximum atomic E-state index is 11.3. The lowest BCUT2D eigenvalue weighted by Gasteiger charge is -2.00. The largest absolute Gasteiger partial charge is 0.293 e. The van der Waals surface area contributed by atoms with Gasteiger partial charge in [-0.3, -0.25) is 4.79 Å². The zero-order valence-corrected chi connectivity index (χ0v) is 8.10. The molecule has 66 valence electrons. The van der Waals surface area contributed by atoms with Gasteiger partial charge in [0.1, 0.15) is 4.88 Å². The molecule has 0 saturated carbocycles. The van der Waals surface area contributed by atoms with Crippen molar-refractivity contribution in [3.63, 3.8) is 0 Å². The molecule has 0 saturated heterocycles. The van der Waals surface area contributed by atoms with Gasteiger partial charge in [0.2, 0.25) is 0 Å². The number of hydrogen-bond donors (Lipinski definition) is 0. The molecule has 0 aliphatic heterocycles. The summed E-state index contributed by atoms with van der Waals surface area (Å²) in [6.07, 6.45) is 3.09. The molecule has 1 aromatic rings. The van der Waals surface area contributed by atoms with Gasteiger partial charge in [0, 0.05) is 6.42 Å². The molecule has 0 aliphatic rings. The van der Waals surface area contributed by atoms with E-state index in [1.165, 1.54) is 17.7 Å². The van der Waals surface area contributed by atoms with Crippen LogP contribution < -0.4 is 0 Å². The smallest absolute Gasteiger partial charge is 0.176 e. The van der Waals surface area contributed by atoms with Gasteiger partial charge < -0.3 is 0 Å². The summed E-state index contributed by atoms with van der Waals surface area (Å²) in [7, 11) is 0. The summed E-state index contributed by atoms with van der Waals surface area (Å²) in [5, 5.41) is 3.62. The SMILES string of the molecule is CC(C)CCC(=O)c1cnns1. The maximum Gasteiger partial charge on any atom is 0.176 e. The highest BCUT2D eigenvalue weighted by molar-refractivity contribution is 7.07. The summed E-state index contributed by atoms with van der Waals surface area (Å²) in [4.78, 5) is 12.0. The van der Waals surface area contributed by atoms with E-state index in [1.54, 1.807) is 0 Å². The van der Waals surface area contributed by atoms with E-state index in [0.717, 1.165) is 6.42 Å². The molecule has 0 amide bonds. The molecule has 0 aromatic carbocycles. The lowest BCUT2D eigenvalue weighted by molar-refractivity contribution is 0.0979. The topological polar surface area (TPSA) is 42.9 Å². The molecular weight excluding hydrogens is 172 g/mol. The Labute approximate surface area is 76.0 Å². The highest BCUT2D eigenvalue weighted by Crippen LogP contribution is 2.11. The summed E-state index contributed by atoms with van der Waals surface area (Å²) in [5.41, 5.74) is 0. The van der Waals surface area contributed by atoms with Crippen molar-refractivity contribution < 1.29 is 4.79 Å². The number of Topliss-reactive ketones (excluding diaryl/α,β-unsaturated/α-hetero) is 1. The van der Waals surface area contributed by atoms with Gasteiger partial charge in [-0.05, 0) is 23.9 Å². The van der Waals surface area contributed by atoms with Crippen molar-refractivity contribution in [3.8, 4) is 0 Å². The van der Waals surface area contributed by atoms with Crippen LogP contribution in [0.1, 0.15) is 36.4 Å². The Morgan fingerprint density at radius 1 is 1.67 bits per heavy atom. The fraction of sp³-hybridized carbons (Fsp3) is 0.625. The second kappa shape index (κ2) is 4.30. The third kappa shape index (κ3) is 2.70. The number of ketones is 1. The first-order valence-corrected chi connectivity index (χ1v) is 4.78. The number of aromatic nitrogens is 2. The Bertz CT molecular complexity index is 244. The third-order valence-electron chi connectivity index (χ3n) is 1.58. The first-order chi connectivity index (χ1) is 5.70. The standard InChI is InChI=1S/C8H12N2OS/c1-6(2)3-4-7(11)8-5-9-10-12-8/h5-6H,3-4H2,1-2H3. The highest BCUT2D eigenvalue weighted by atomic mass is 32.1. The summed E-state index contributed by atoms with van der Waals surface area (Å²) in [5.74, 6) is 0.744. The molecule has 0 radical (unpaired) electrons. The van der Waals surface area contributed by atoms with Crippen LogP contribution in [0.25, 0.3) is 0 Å². The minimum atomic E-state index is 0.165. The molecule has 0 N–H and O–H groups in total. The molecule has 0 aliphatic carbocycles. The van der Waals surface area contributed by atoms with Gasteiger partial charge in [-0.2, -0.15) is 0 Å². The minimum absolute atomic E-state index is 0.165. The van der Waals surface area contributed by atoms with Gasteiger partial charge in [0.05, 0.1) is 6.20 Å². The van der Waals surface area contributed by atoms with Crippen molar-refractivity contribution in [3.05, 3.63) is 11.1 Å². The zero-order chi connectivity index (χ0) is 8.97. The van der Waals surface area contributed by atoms with Gasteiger partial charge in [0.15, 0.2) is 5.78 Å². The van der Waals surface area contributed by atoms with Gasteiger partial charge in [-0.15, -0.1) is 5.10 Å². The summed E-state index contributed by atoms with van der Waals surface area (Å²) in [6.45, 7) is 4.22. The van der Waals surface area contributed by atoms with Crippen molar-refractivity contribution in [1.82, 2.24) is 9.59 Å². The van der Waals surface area contributed by atoms with Crippen LogP contribution in [0.3, 0.4) is 0 Å². The molecule has 0 fully saturated rings. The molecule has 1 heterocycles. The van der Waals surface area contributed by atoms with Crippen LogP contribution in [0, 0.1) is 5.92 Å². The number of hydrogen-bond acceptors (Lipinski definition) is 4. The minimum Gasteiger partial charge on any atom is -0.293 e. The van der Waals surface area contributed by atoms with Crippen molar-refractivity contribution >= 4 is 17.3 Å². The van der Waals surface area contributed by atoms with Crippen molar-refractivity contribution in [1.29, 1.82) is 0 Å². The average Bonchev–Trinajstić information content (AvgIpc) is 2.51. The van der Waals surface area contributed by atoms with Crippen molar-refractivity contribution in [2.45, 2.75) is 26.7 Å². The van der Waals surface area contributed by atoms with Crippen LogP contribution in [-0.2, 0) is 0 Å². The van der Waals surface area contributed by atoms with E-state index < -0.39 is 0 Å². The summed E-state index contributed by atoms with van der Waals surface area (Å²) < 4.78 is 3.64. The van der Waals surface area contributed by atoms with Gasteiger partial charge in [-0.25, -0.2) is 0 Å². The van der Waals surface area contributed by atoms with Crippen molar-refractivity contribution in [2.75, 3.05) is 0 Å². The van der Waals surface area contributed by atoms with E-state index in [1.807, 2.05) is 0 Å². The molecule has 0 bridgehead atoms.